The summed E-state index contributed by atoms with van der Waals surface area (Å²) in [6.07, 6.45) is 3.66. The molecule has 1 amide bonds. The monoisotopic (exact) mass is 407 g/mol. The van der Waals surface area contributed by atoms with Crippen molar-refractivity contribution in [3.05, 3.63) is 71.8 Å². The third-order valence-electron chi connectivity index (χ3n) is 6.59. The van der Waals surface area contributed by atoms with Gasteiger partial charge in [-0.15, -0.1) is 0 Å². The molecule has 0 radical (unpaired) electrons. The van der Waals surface area contributed by atoms with E-state index < -0.39 is 0 Å². The maximum atomic E-state index is 12.9. The fraction of sp³-hybridized carbons (Fsp3) is 0.519. The second kappa shape index (κ2) is 10.3. The molecule has 1 aliphatic heterocycles. The molecule has 1 aliphatic rings. The molecule has 0 bridgehead atoms. The van der Waals surface area contributed by atoms with Crippen LogP contribution in [0, 0.1) is 5.92 Å². The van der Waals surface area contributed by atoms with Gasteiger partial charge in [-0.05, 0) is 63.0 Å². The highest BCUT2D eigenvalue weighted by Gasteiger charge is 2.34. The molecule has 3 heteroatoms. The van der Waals surface area contributed by atoms with Crippen LogP contribution >= 0.6 is 0 Å². The number of nitrogens with zero attached hydrogens (tertiary/aromatic N) is 1. The molecule has 3 rings (SSSR count). The Morgan fingerprint density at radius 2 is 1.67 bits per heavy atom. The summed E-state index contributed by atoms with van der Waals surface area (Å²) in [5, 5.41) is 0. The van der Waals surface area contributed by atoms with Gasteiger partial charge >= 0.3 is 0 Å². The minimum Gasteiger partial charge on any atom is -0.376 e. The minimum absolute atomic E-state index is 0.0772. The van der Waals surface area contributed by atoms with Crippen LogP contribution in [0.4, 0.5) is 0 Å². The molecule has 0 saturated carbocycles. The molecule has 3 atom stereocenters. The van der Waals surface area contributed by atoms with E-state index >= 15 is 0 Å². The summed E-state index contributed by atoms with van der Waals surface area (Å²) >= 11 is 0. The van der Waals surface area contributed by atoms with E-state index in [0.29, 0.717) is 18.3 Å². The molecule has 0 N–H and O–H groups in total. The van der Waals surface area contributed by atoms with Crippen LogP contribution < -0.4 is 0 Å². The Morgan fingerprint density at radius 3 is 2.23 bits per heavy atom. The first kappa shape index (κ1) is 22.6. The van der Waals surface area contributed by atoms with Crippen molar-refractivity contribution in [2.24, 2.45) is 5.92 Å². The fourth-order valence-electron chi connectivity index (χ4n) is 4.92. The lowest BCUT2D eigenvalue weighted by molar-refractivity contribution is -0.133. The number of benzene rings is 2. The van der Waals surface area contributed by atoms with Crippen molar-refractivity contribution in [1.82, 2.24) is 4.90 Å². The Balaban J connectivity index is 1.81. The van der Waals surface area contributed by atoms with Gasteiger partial charge in [-0.25, -0.2) is 0 Å². The number of ether oxygens (including phenoxy) is 1. The van der Waals surface area contributed by atoms with Crippen molar-refractivity contribution in [3.63, 3.8) is 0 Å². The molecule has 0 spiro atoms. The van der Waals surface area contributed by atoms with Crippen LogP contribution in [0.3, 0.4) is 0 Å². The molecule has 2 aromatic carbocycles. The lowest BCUT2D eigenvalue weighted by Crippen LogP contribution is -2.38. The Bertz CT molecular complexity index is 787. The van der Waals surface area contributed by atoms with Gasteiger partial charge < -0.3 is 9.64 Å². The molecule has 3 nitrogen and oxygen atoms in total. The summed E-state index contributed by atoms with van der Waals surface area (Å²) in [4.78, 5) is 14.9. The quantitative estimate of drug-likeness (QED) is 0.509. The van der Waals surface area contributed by atoms with E-state index in [4.69, 9.17) is 4.74 Å². The van der Waals surface area contributed by atoms with Gasteiger partial charge in [0.1, 0.15) is 0 Å². The van der Waals surface area contributed by atoms with Gasteiger partial charge in [0.2, 0.25) is 5.91 Å². The smallest absolute Gasteiger partial charge is 0.222 e. The van der Waals surface area contributed by atoms with Crippen LogP contribution in [0.15, 0.2) is 60.7 Å². The predicted octanol–water partition coefficient (Wildman–Crippen LogP) is 6.37. The summed E-state index contributed by atoms with van der Waals surface area (Å²) in [6.45, 7) is 10.1. The summed E-state index contributed by atoms with van der Waals surface area (Å²) in [6, 6.07) is 21.3. The van der Waals surface area contributed by atoms with E-state index in [0.717, 1.165) is 32.4 Å². The molecule has 30 heavy (non-hydrogen) atoms. The van der Waals surface area contributed by atoms with Gasteiger partial charge in [0.25, 0.3) is 0 Å². The molecule has 1 fully saturated rings. The van der Waals surface area contributed by atoms with Crippen LogP contribution in [-0.2, 0) is 9.53 Å². The third-order valence-corrected chi connectivity index (χ3v) is 6.59. The van der Waals surface area contributed by atoms with Gasteiger partial charge in [-0.3, -0.25) is 4.79 Å². The van der Waals surface area contributed by atoms with Gasteiger partial charge in [0.15, 0.2) is 0 Å². The Hall–Kier alpha value is -2.13. The van der Waals surface area contributed by atoms with Crippen molar-refractivity contribution in [1.29, 1.82) is 0 Å². The molecule has 1 saturated heterocycles. The van der Waals surface area contributed by atoms with Gasteiger partial charge in [-0.1, -0.05) is 67.6 Å². The van der Waals surface area contributed by atoms with Gasteiger partial charge in [0.05, 0.1) is 11.6 Å². The van der Waals surface area contributed by atoms with Crippen molar-refractivity contribution in [2.75, 3.05) is 13.2 Å². The maximum Gasteiger partial charge on any atom is 0.222 e. The Morgan fingerprint density at radius 1 is 1.07 bits per heavy atom. The zero-order chi connectivity index (χ0) is 21.6. The standard InChI is InChI=1S/C27H37NO2/c1-5-26(29)28(21(2)22-12-8-6-9-13-22)18-16-25(23-14-10-7-11-15-23)24-17-19-30-27(3,4)20-24/h6-15,21,24-25H,5,16-20H2,1-4H3/t21-,24-,25-/m0/s1. The van der Waals surface area contributed by atoms with E-state index in [1.54, 1.807) is 0 Å². The van der Waals surface area contributed by atoms with Crippen LogP contribution in [0.1, 0.15) is 76.5 Å². The number of hydrogen-bond donors (Lipinski definition) is 0. The van der Waals surface area contributed by atoms with Gasteiger partial charge in [-0.2, -0.15) is 0 Å². The highest BCUT2D eigenvalue weighted by molar-refractivity contribution is 5.76. The van der Waals surface area contributed by atoms with Crippen LogP contribution in [0.2, 0.25) is 0 Å². The third kappa shape index (κ3) is 5.72. The zero-order valence-electron chi connectivity index (χ0n) is 19.0. The second-order valence-corrected chi connectivity index (χ2v) is 9.19. The highest BCUT2D eigenvalue weighted by Crippen LogP contribution is 2.40. The van der Waals surface area contributed by atoms with E-state index in [1.807, 2.05) is 13.0 Å². The number of amides is 1. The molecule has 0 aliphatic carbocycles. The number of hydrogen-bond acceptors (Lipinski definition) is 2. The topological polar surface area (TPSA) is 29.5 Å². The summed E-state index contributed by atoms with van der Waals surface area (Å²) in [7, 11) is 0. The first-order valence-electron chi connectivity index (χ1n) is 11.4. The molecular weight excluding hydrogens is 370 g/mol. The number of carbonyl (C=O) groups excluding carboxylic acids is 1. The van der Waals surface area contributed by atoms with E-state index in [2.05, 4.69) is 80.3 Å². The Kier molecular flexibility index (Phi) is 7.71. The van der Waals surface area contributed by atoms with Crippen molar-refractivity contribution >= 4 is 5.91 Å². The average molecular weight is 408 g/mol. The first-order valence-corrected chi connectivity index (χ1v) is 11.4. The second-order valence-electron chi connectivity index (χ2n) is 9.19. The summed E-state index contributed by atoms with van der Waals surface area (Å²) < 4.78 is 5.99. The molecule has 2 aromatic rings. The molecule has 162 valence electrons. The first-order chi connectivity index (χ1) is 14.4. The maximum absolute atomic E-state index is 12.9. The SMILES string of the molecule is CCC(=O)N(CC[C@@H](c1ccccc1)[C@H]1CCOC(C)(C)C1)[C@@H](C)c1ccccc1. The average Bonchev–Trinajstić information content (AvgIpc) is 2.76. The van der Waals surface area contributed by atoms with Crippen molar-refractivity contribution in [3.8, 4) is 0 Å². The van der Waals surface area contributed by atoms with Gasteiger partial charge in [0, 0.05) is 19.6 Å². The number of rotatable bonds is 8. The van der Waals surface area contributed by atoms with Crippen LogP contribution in [0.5, 0.6) is 0 Å². The fourth-order valence-corrected chi connectivity index (χ4v) is 4.92. The molecule has 1 heterocycles. The normalized spacial score (nSPS) is 20.3. The van der Waals surface area contributed by atoms with Crippen molar-refractivity contribution < 1.29 is 9.53 Å². The lowest BCUT2D eigenvalue weighted by Gasteiger charge is -2.40. The Labute approximate surface area is 182 Å². The summed E-state index contributed by atoms with van der Waals surface area (Å²) in [5.41, 5.74) is 2.51. The zero-order valence-corrected chi connectivity index (χ0v) is 19.0. The minimum atomic E-state index is -0.0772. The van der Waals surface area contributed by atoms with Crippen molar-refractivity contribution in [2.45, 2.75) is 70.9 Å². The van der Waals surface area contributed by atoms with Crippen LogP contribution in [-0.4, -0.2) is 29.6 Å². The predicted molar refractivity (Wildman–Crippen MR) is 123 cm³/mol. The molecule has 0 aromatic heterocycles. The van der Waals surface area contributed by atoms with E-state index in [-0.39, 0.29) is 17.6 Å². The van der Waals surface area contributed by atoms with E-state index in [9.17, 15) is 4.79 Å². The lowest BCUT2D eigenvalue weighted by atomic mass is 9.75. The molecular formula is C27H37NO2. The number of carbonyl (C=O) groups is 1. The molecule has 0 unspecified atom stereocenters. The van der Waals surface area contributed by atoms with Crippen LogP contribution in [0.25, 0.3) is 0 Å². The highest BCUT2D eigenvalue weighted by atomic mass is 16.5. The largest absolute Gasteiger partial charge is 0.376 e. The van der Waals surface area contributed by atoms with E-state index in [1.165, 1.54) is 11.1 Å². The summed E-state index contributed by atoms with van der Waals surface area (Å²) in [5.74, 6) is 1.23.